The van der Waals surface area contributed by atoms with E-state index in [0.29, 0.717) is 38.3 Å². The molecule has 0 atom stereocenters. The normalized spacial score (nSPS) is 17.7. The molecule has 23 heavy (non-hydrogen) atoms. The molecular weight excluding hydrogens is 292 g/mol. The predicted octanol–water partition coefficient (Wildman–Crippen LogP) is 1.95. The van der Waals surface area contributed by atoms with Crippen molar-refractivity contribution >= 4 is 11.8 Å². The van der Waals surface area contributed by atoms with E-state index < -0.39 is 0 Å². The Labute approximate surface area is 137 Å². The first kappa shape index (κ1) is 15.8. The van der Waals surface area contributed by atoms with Crippen LogP contribution in [0.4, 0.5) is 0 Å². The molecule has 0 aliphatic carbocycles. The molecule has 1 aromatic carbocycles. The van der Waals surface area contributed by atoms with Crippen LogP contribution >= 0.6 is 0 Å². The highest BCUT2D eigenvalue weighted by molar-refractivity contribution is 5.95. The van der Waals surface area contributed by atoms with E-state index in [1.165, 1.54) is 0 Å². The first-order valence-corrected chi connectivity index (χ1v) is 8.20. The van der Waals surface area contributed by atoms with Gasteiger partial charge in [-0.1, -0.05) is 20.8 Å². The van der Waals surface area contributed by atoms with Gasteiger partial charge in [0.05, 0.1) is 6.61 Å². The number of amides is 2. The lowest BCUT2D eigenvalue weighted by Gasteiger charge is -2.37. The minimum atomic E-state index is -0.369. The zero-order valence-electron chi connectivity index (χ0n) is 14.1. The van der Waals surface area contributed by atoms with Crippen molar-refractivity contribution < 1.29 is 14.3 Å². The maximum absolute atomic E-state index is 12.7. The Hall–Kier alpha value is -2.04. The van der Waals surface area contributed by atoms with Crippen molar-refractivity contribution in [3.05, 3.63) is 29.3 Å². The quantitative estimate of drug-likeness (QED) is 0.796. The Kier molecular flexibility index (Phi) is 4.04. The number of ether oxygens (including phenoxy) is 1. The van der Waals surface area contributed by atoms with Crippen LogP contribution in [-0.4, -0.2) is 54.4 Å². The van der Waals surface area contributed by atoms with Crippen LogP contribution in [0, 0.1) is 5.41 Å². The Morgan fingerprint density at radius 3 is 2.35 bits per heavy atom. The molecule has 3 rings (SSSR count). The lowest BCUT2D eigenvalue weighted by molar-refractivity contribution is -0.140. The lowest BCUT2D eigenvalue weighted by Crippen LogP contribution is -2.53. The second-order valence-electron chi connectivity index (χ2n) is 7.26. The Balaban J connectivity index is 1.64. The third-order valence-corrected chi connectivity index (χ3v) is 4.43. The average molecular weight is 316 g/mol. The molecule has 0 N–H and O–H groups in total. The van der Waals surface area contributed by atoms with Crippen LogP contribution < -0.4 is 4.74 Å². The van der Waals surface area contributed by atoms with E-state index in [1.807, 2.05) is 48.8 Å². The van der Waals surface area contributed by atoms with E-state index in [4.69, 9.17) is 4.74 Å². The fourth-order valence-corrected chi connectivity index (χ4v) is 3.09. The van der Waals surface area contributed by atoms with E-state index in [9.17, 15) is 9.59 Å². The molecule has 2 heterocycles. The summed E-state index contributed by atoms with van der Waals surface area (Å²) in [6, 6.07) is 5.66. The summed E-state index contributed by atoms with van der Waals surface area (Å²) in [7, 11) is 0. The van der Waals surface area contributed by atoms with Crippen LogP contribution in [-0.2, 0) is 11.2 Å². The van der Waals surface area contributed by atoms with Gasteiger partial charge in [0.25, 0.3) is 5.91 Å². The highest BCUT2D eigenvalue weighted by atomic mass is 16.5. The molecule has 2 aliphatic rings. The molecule has 0 spiro atoms. The molecule has 2 amide bonds. The molecule has 2 aliphatic heterocycles. The van der Waals surface area contributed by atoms with Gasteiger partial charge in [-0.05, 0) is 23.8 Å². The molecule has 1 fully saturated rings. The maximum Gasteiger partial charge on any atom is 0.253 e. The highest BCUT2D eigenvalue weighted by Gasteiger charge is 2.31. The van der Waals surface area contributed by atoms with Gasteiger partial charge in [0.2, 0.25) is 5.91 Å². The fraction of sp³-hybridized carbons (Fsp3) is 0.556. The molecular formula is C18H24N2O3. The van der Waals surface area contributed by atoms with Crippen molar-refractivity contribution in [2.75, 3.05) is 32.8 Å². The number of hydrogen-bond acceptors (Lipinski definition) is 3. The van der Waals surface area contributed by atoms with Crippen molar-refractivity contribution in [1.82, 2.24) is 9.80 Å². The molecule has 5 nitrogen and oxygen atoms in total. The van der Waals surface area contributed by atoms with Gasteiger partial charge in [-0.15, -0.1) is 0 Å². The van der Waals surface area contributed by atoms with Crippen molar-refractivity contribution in [3.8, 4) is 5.75 Å². The summed E-state index contributed by atoms with van der Waals surface area (Å²) in [5.74, 6) is 1.09. The van der Waals surface area contributed by atoms with Crippen molar-refractivity contribution in [1.29, 1.82) is 0 Å². The summed E-state index contributed by atoms with van der Waals surface area (Å²) >= 11 is 0. The summed E-state index contributed by atoms with van der Waals surface area (Å²) in [6.45, 7) is 8.88. The fourth-order valence-electron chi connectivity index (χ4n) is 3.09. The molecule has 1 aromatic rings. The standard InChI is InChI=1S/C18H24N2O3/c1-18(2,3)17(22)20-9-7-19(8-10-20)16(21)14-4-5-15-13(12-14)6-11-23-15/h4-5,12H,6-11H2,1-3H3. The van der Waals surface area contributed by atoms with Gasteiger partial charge in [0, 0.05) is 43.6 Å². The maximum atomic E-state index is 12.7. The molecule has 0 bridgehead atoms. The van der Waals surface area contributed by atoms with Crippen LogP contribution in [0.3, 0.4) is 0 Å². The number of benzene rings is 1. The van der Waals surface area contributed by atoms with Gasteiger partial charge in [0.15, 0.2) is 0 Å². The van der Waals surface area contributed by atoms with E-state index in [2.05, 4.69) is 0 Å². The molecule has 1 saturated heterocycles. The van der Waals surface area contributed by atoms with Gasteiger partial charge in [-0.25, -0.2) is 0 Å². The topological polar surface area (TPSA) is 49.9 Å². The summed E-state index contributed by atoms with van der Waals surface area (Å²) in [6.07, 6.45) is 0.865. The summed E-state index contributed by atoms with van der Waals surface area (Å²) in [4.78, 5) is 28.7. The van der Waals surface area contributed by atoms with E-state index in [1.54, 1.807) is 0 Å². The highest BCUT2D eigenvalue weighted by Crippen LogP contribution is 2.26. The Bertz CT molecular complexity index is 626. The predicted molar refractivity (Wildman–Crippen MR) is 87.6 cm³/mol. The second-order valence-corrected chi connectivity index (χ2v) is 7.26. The van der Waals surface area contributed by atoms with Crippen molar-refractivity contribution in [3.63, 3.8) is 0 Å². The first-order chi connectivity index (χ1) is 10.9. The number of carbonyl (C=O) groups is 2. The molecule has 0 aromatic heterocycles. The molecule has 0 radical (unpaired) electrons. The Morgan fingerprint density at radius 1 is 1.04 bits per heavy atom. The number of carbonyl (C=O) groups excluding carboxylic acids is 2. The second kappa shape index (κ2) is 5.87. The average Bonchev–Trinajstić information content (AvgIpc) is 3.00. The van der Waals surface area contributed by atoms with E-state index >= 15 is 0 Å². The van der Waals surface area contributed by atoms with Crippen LogP contribution in [0.5, 0.6) is 5.75 Å². The summed E-state index contributed by atoms with van der Waals surface area (Å²) < 4.78 is 5.48. The van der Waals surface area contributed by atoms with Crippen molar-refractivity contribution in [2.24, 2.45) is 5.41 Å². The van der Waals surface area contributed by atoms with Crippen LogP contribution in [0.2, 0.25) is 0 Å². The third kappa shape index (κ3) is 3.19. The number of nitrogens with zero attached hydrogens (tertiary/aromatic N) is 2. The molecule has 0 unspecified atom stereocenters. The number of hydrogen-bond donors (Lipinski definition) is 0. The lowest BCUT2D eigenvalue weighted by atomic mass is 9.94. The van der Waals surface area contributed by atoms with Gasteiger partial charge in [-0.3, -0.25) is 9.59 Å². The van der Waals surface area contributed by atoms with Crippen molar-refractivity contribution in [2.45, 2.75) is 27.2 Å². The smallest absolute Gasteiger partial charge is 0.253 e. The van der Waals surface area contributed by atoms with Gasteiger partial charge >= 0.3 is 0 Å². The summed E-state index contributed by atoms with van der Waals surface area (Å²) in [5.41, 5.74) is 1.45. The SMILES string of the molecule is CC(C)(C)C(=O)N1CCN(C(=O)c2ccc3c(c2)CCO3)CC1. The Morgan fingerprint density at radius 2 is 1.70 bits per heavy atom. The van der Waals surface area contributed by atoms with E-state index in [0.717, 1.165) is 17.7 Å². The van der Waals surface area contributed by atoms with Gasteiger partial charge in [0.1, 0.15) is 5.75 Å². The number of piperazine rings is 1. The zero-order valence-corrected chi connectivity index (χ0v) is 14.1. The van der Waals surface area contributed by atoms with Crippen LogP contribution in [0.15, 0.2) is 18.2 Å². The van der Waals surface area contributed by atoms with Gasteiger partial charge < -0.3 is 14.5 Å². The summed E-state index contributed by atoms with van der Waals surface area (Å²) in [5, 5.41) is 0. The molecule has 124 valence electrons. The van der Waals surface area contributed by atoms with Crippen LogP contribution in [0.1, 0.15) is 36.7 Å². The zero-order chi connectivity index (χ0) is 16.6. The van der Waals surface area contributed by atoms with Crippen LogP contribution in [0.25, 0.3) is 0 Å². The molecule has 5 heteroatoms. The third-order valence-electron chi connectivity index (χ3n) is 4.43. The number of rotatable bonds is 1. The number of fused-ring (bicyclic) bond motifs is 1. The minimum Gasteiger partial charge on any atom is -0.493 e. The minimum absolute atomic E-state index is 0.0440. The van der Waals surface area contributed by atoms with Gasteiger partial charge in [-0.2, -0.15) is 0 Å². The van der Waals surface area contributed by atoms with E-state index in [-0.39, 0.29) is 17.2 Å². The first-order valence-electron chi connectivity index (χ1n) is 8.20. The molecule has 0 saturated carbocycles. The largest absolute Gasteiger partial charge is 0.493 e. The monoisotopic (exact) mass is 316 g/mol.